The Hall–Kier alpha value is -4.04. The van der Waals surface area contributed by atoms with Crippen LogP contribution in [0.3, 0.4) is 0 Å². The van der Waals surface area contributed by atoms with Gasteiger partial charge in [-0.3, -0.25) is 9.59 Å². The molecule has 0 aromatic heterocycles. The quantitative estimate of drug-likeness (QED) is 0.393. The van der Waals surface area contributed by atoms with Crippen molar-refractivity contribution >= 4 is 23.4 Å². The maximum absolute atomic E-state index is 13.4. The zero-order valence-electron chi connectivity index (χ0n) is 21.4. The molecule has 0 bridgehead atoms. The van der Waals surface area contributed by atoms with E-state index in [1.165, 1.54) is 24.3 Å². The standard InChI is InChI=1S/C30H32FN3O4/c1-21-6-5-9-26(18-21)32-30(37)33-27(20-38-19-22-7-3-2-4-8-22)29(36)34-16-14-24(15-17-34)28(35)23-10-12-25(31)13-11-23/h2-13,18,24,27H,14-17,19-20H2,1H3,(H2,32,33,37)/t27-/m1/s1. The third kappa shape index (κ3) is 7.49. The molecule has 0 spiro atoms. The summed E-state index contributed by atoms with van der Waals surface area (Å²) in [5, 5.41) is 5.54. The van der Waals surface area contributed by atoms with Gasteiger partial charge in [-0.15, -0.1) is 0 Å². The van der Waals surface area contributed by atoms with Gasteiger partial charge in [0, 0.05) is 30.3 Å². The van der Waals surface area contributed by atoms with Gasteiger partial charge in [0.1, 0.15) is 11.9 Å². The molecule has 2 N–H and O–H groups in total. The molecule has 8 heteroatoms. The highest BCUT2D eigenvalue weighted by Gasteiger charge is 2.32. The van der Waals surface area contributed by atoms with Crippen LogP contribution in [-0.2, 0) is 16.1 Å². The van der Waals surface area contributed by atoms with Gasteiger partial charge in [0.15, 0.2) is 5.78 Å². The highest BCUT2D eigenvalue weighted by Crippen LogP contribution is 2.23. The summed E-state index contributed by atoms with van der Waals surface area (Å²) in [4.78, 5) is 40.7. The van der Waals surface area contributed by atoms with E-state index in [1.807, 2.05) is 55.5 Å². The van der Waals surface area contributed by atoms with Crippen LogP contribution in [0.2, 0.25) is 0 Å². The summed E-state index contributed by atoms with van der Waals surface area (Å²) in [6.45, 7) is 3.00. The second-order valence-electron chi connectivity index (χ2n) is 9.49. The van der Waals surface area contributed by atoms with Crippen LogP contribution in [0, 0.1) is 18.7 Å². The Morgan fingerprint density at radius 2 is 1.68 bits per heavy atom. The number of carbonyl (C=O) groups excluding carboxylic acids is 3. The Morgan fingerprint density at radius 1 is 0.974 bits per heavy atom. The number of Topliss-reactive ketones (excluding diaryl/α,β-unsaturated/α-hetero) is 1. The smallest absolute Gasteiger partial charge is 0.319 e. The van der Waals surface area contributed by atoms with E-state index >= 15 is 0 Å². The Bertz CT molecular complexity index is 1240. The van der Waals surface area contributed by atoms with Crippen LogP contribution in [0.25, 0.3) is 0 Å². The van der Waals surface area contributed by atoms with Crippen molar-refractivity contribution in [2.24, 2.45) is 5.92 Å². The third-order valence-electron chi connectivity index (χ3n) is 6.58. The molecule has 3 aromatic carbocycles. The number of carbonyl (C=O) groups is 3. The molecule has 0 aliphatic carbocycles. The molecule has 4 rings (SSSR count). The second-order valence-corrected chi connectivity index (χ2v) is 9.49. The van der Waals surface area contributed by atoms with Gasteiger partial charge >= 0.3 is 6.03 Å². The Kier molecular flexibility index (Phi) is 9.21. The minimum absolute atomic E-state index is 0.00338. The Labute approximate surface area is 222 Å². The molecule has 0 unspecified atom stereocenters. The molecular formula is C30H32FN3O4. The highest BCUT2D eigenvalue weighted by molar-refractivity contribution is 5.98. The van der Waals surface area contributed by atoms with Crippen molar-refractivity contribution in [1.29, 1.82) is 0 Å². The lowest BCUT2D eigenvalue weighted by Gasteiger charge is -2.34. The van der Waals surface area contributed by atoms with Gasteiger partial charge in [-0.25, -0.2) is 9.18 Å². The van der Waals surface area contributed by atoms with Gasteiger partial charge in [0.05, 0.1) is 13.2 Å². The largest absolute Gasteiger partial charge is 0.374 e. The van der Waals surface area contributed by atoms with E-state index in [0.717, 1.165) is 11.1 Å². The van der Waals surface area contributed by atoms with Crippen molar-refractivity contribution in [3.63, 3.8) is 0 Å². The number of urea groups is 1. The maximum Gasteiger partial charge on any atom is 0.319 e. The number of aryl methyl sites for hydroxylation is 1. The van der Waals surface area contributed by atoms with Crippen LogP contribution in [0.4, 0.5) is 14.9 Å². The number of nitrogens with zero attached hydrogens (tertiary/aromatic N) is 1. The normalized spacial score (nSPS) is 14.5. The molecule has 1 fully saturated rings. The predicted octanol–water partition coefficient (Wildman–Crippen LogP) is 4.96. The fraction of sp³-hybridized carbons (Fsp3) is 0.300. The number of hydrogen-bond acceptors (Lipinski definition) is 4. The van der Waals surface area contributed by atoms with E-state index < -0.39 is 12.1 Å². The molecule has 1 aliphatic rings. The first kappa shape index (κ1) is 27.0. The molecular weight excluding hydrogens is 485 g/mol. The fourth-order valence-electron chi connectivity index (χ4n) is 4.52. The third-order valence-corrected chi connectivity index (χ3v) is 6.58. The van der Waals surface area contributed by atoms with Crippen molar-refractivity contribution in [2.75, 3.05) is 25.0 Å². The zero-order chi connectivity index (χ0) is 26.9. The molecule has 0 radical (unpaired) electrons. The predicted molar refractivity (Wildman–Crippen MR) is 143 cm³/mol. The average molecular weight is 518 g/mol. The molecule has 198 valence electrons. The van der Waals surface area contributed by atoms with Gasteiger partial charge in [0.25, 0.3) is 0 Å². The van der Waals surface area contributed by atoms with Crippen molar-refractivity contribution in [2.45, 2.75) is 32.4 Å². The Balaban J connectivity index is 1.37. The summed E-state index contributed by atoms with van der Waals surface area (Å²) < 4.78 is 19.0. The number of halogens is 1. The number of nitrogens with one attached hydrogen (secondary N) is 2. The van der Waals surface area contributed by atoms with Crippen LogP contribution in [0.5, 0.6) is 0 Å². The summed E-state index contributed by atoms with van der Waals surface area (Å²) in [6, 6.07) is 21.1. The van der Waals surface area contributed by atoms with Crippen LogP contribution in [-0.4, -0.2) is 48.4 Å². The van der Waals surface area contributed by atoms with Crippen molar-refractivity contribution < 1.29 is 23.5 Å². The van der Waals surface area contributed by atoms with E-state index in [0.29, 0.717) is 43.8 Å². The molecule has 1 saturated heterocycles. The lowest BCUT2D eigenvalue weighted by molar-refractivity contribution is -0.136. The summed E-state index contributed by atoms with van der Waals surface area (Å²) in [5.74, 6) is -0.933. The fourth-order valence-corrected chi connectivity index (χ4v) is 4.52. The molecule has 1 atom stereocenters. The molecule has 0 saturated carbocycles. The van der Waals surface area contributed by atoms with E-state index in [1.54, 1.807) is 11.0 Å². The number of ketones is 1. The number of hydrogen-bond donors (Lipinski definition) is 2. The lowest BCUT2D eigenvalue weighted by Crippen LogP contribution is -2.53. The number of benzene rings is 3. The highest BCUT2D eigenvalue weighted by atomic mass is 19.1. The van der Waals surface area contributed by atoms with Gasteiger partial charge in [-0.2, -0.15) is 0 Å². The number of ether oxygens (including phenoxy) is 1. The molecule has 7 nitrogen and oxygen atoms in total. The minimum atomic E-state index is -0.895. The summed E-state index contributed by atoms with van der Waals surface area (Å²) in [5.41, 5.74) is 3.06. The SMILES string of the molecule is Cc1cccc(NC(=O)N[C@H](COCc2ccccc2)C(=O)N2CCC(C(=O)c3ccc(F)cc3)CC2)c1. The average Bonchev–Trinajstić information content (AvgIpc) is 2.93. The van der Waals surface area contributed by atoms with Crippen LogP contribution < -0.4 is 10.6 Å². The first-order chi connectivity index (χ1) is 18.4. The lowest BCUT2D eigenvalue weighted by atomic mass is 9.88. The topological polar surface area (TPSA) is 87.7 Å². The van der Waals surface area contributed by atoms with Crippen LogP contribution in [0.15, 0.2) is 78.9 Å². The van der Waals surface area contributed by atoms with Gasteiger partial charge in [0.2, 0.25) is 5.91 Å². The van der Waals surface area contributed by atoms with E-state index in [2.05, 4.69) is 10.6 Å². The minimum Gasteiger partial charge on any atom is -0.374 e. The number of piperidine rings is 1. The van der Waals surface area contributed by atoms with Gasteiger partial charge < -0.3 is 20.3 Å². The van der Waals surface area contributed by atoms with Crippen molar-refractivity contribution in [3.8, 4) is 0 Å². The van der Waals surface area contributed by atoms with Gasteiger partial charge in [-0.1, -0.05) is 42.5 Å². The van der Waals surface area contributed by atoms with E-state index in [-0.39, 0.29) is 30.0 Å². The van der Waals surface area contributed by atoms with E-state index in [4.69, 9.17) is 4.74 Å². The molecule has 3 aromatic rings. The molecule has 38 heavy (non-hydrogen) atoms. The van der Waals surface area contributed by atoms with Crippen LogP contribution in [0.1, 0.15) is 34.3 Å². The molecule has 1 aliphatic heterocycles. The van der Waals surface area contributed by atoms with Crippen molar-refractivity contribution in [1.82, 2.24) is 10.2 Å². The first-order valence-corrected chi connectivity index (χ1v) is 12.7. The second kappa shape index (κ2) is 13.0. The first-order valence-electron chi connectivity index (χ1n) is 12.7. The number of amides is 3. The molecule has 1 heterocycles. The van der Waals surface area contributed by atoms with E-state index in [9.17, 15) is 18.8 Å². The summed E-state index contributed by atoms with van der Waals surface area (Å²) >= 11 is 0. The molecule has 3 amide bonds. The zero-order valence-corrected chi connectivity index (χ0v) is 21.4. The number of anilines is 1. The summed E-state index contributed by atoms with van der Waals surface area (Å²) in [7, 11) is 0. The van der Waals surface area contributed by atoms with Crippen LogP contribution >= 0.6 is 0 Å². The van der Waals surface area contributed by atoms with Gasteiger partial charge in [-0.05, 0) is 67.3 Å². The number of rotatable bonds is 9. The summed E-state index contributed by atoms with van der Waals surface area (Å²) in [6.07, 6.45) is 0.990. The van der Waals surface area contributed by atoms with Crippen molar-refractivity contribution in [3.05, 3.63) is 101 Å². The monoisotopic (exact) mass is 517 g/mol. The number of likely N-dealkylation sites (tertiary alicyclic amines) is 1. The Morgan fingerprint density at radius 3 is 2.37 bits per heavy atom. The maximum atomic E-state index is 13.4.